The molecule has 6 heteroatoms. The lowest BCUT2D eigenvalue weighted by molar-refractivity contribution is 0.244. The molecule has 2 N–H and O–H groups in total. The van der Waals surface area contributed by atoms with E-state index in [1.165, 1.54) is 0 Å². The highest BCUT2D eigenvalue weighted by molar-refractivity contribution is 5.46. The van der Waals surface area contributed by atoms with Gasteiger partial charge in [0.2, 0.25) is 0 Å². The molecular formula is C14H20N6. The number of nitrogens with zero attached hydrogens (tertiary/aromatic N) is 5. The molecule has 0 unspecified atom stereocenters. The molecule has 0 atom stereocenters. The number of nitrogen functional groups attached to an aromatic ring is 1. The molecule has 2 aromatic rings. The van der Waals surface area contributed by atoms with Crippen LogP contribution in [-0.2, 0) is 6.54 Å². The second kappa shape index (κ2) is 5.92. The molecule has 2 aromatic heterocycles. The third-order valence-electron chi connectivity index (χ3n) is 3.67. The van der Waals surface area contributed by atoms with Crippen LogP contribution < -0.4 is 10.6 Å². The quantitative estimate of drug-likeness (QED) is 0.887. The van der Waals surface area contributed by atoms with Gasteiger partial charge in [-0.25, -0.2) is 4.98 Å². The highest BCUT2D eigenvalue weighted by Crippen LogP contribution is 2.14. The first kappa shape index (κ1) is 12.9. The number of piperazine rings is 1. The van der Waals surface area contributed by atoms with E-state index in [1.54, 1.807) is 6.20 Å². The van der Waals surface area contributed by atoms with Gasteiger partial charge < -0.3 is 10.6 Å². The average molecular weight is 272 g/mol. The molecule has 0 aromatic carbocycles. The van der Waals surface area contributed by atoms with E-state index < -0.39 is 0 Å². The molecule has 106 valence electrons. The van der Waals surface area contributed by atoms with Crippen LogP contribution in [0.3, 0.4) is 0 Å². The monoisotopic (exact) mass is 272 g/mol. The lowest BCUT2D eigenvalue weighted by Crippen LogP contribution is -2.47. The summed E-state index contributed by atoms with van der Waals surface area (Å²) in [5, 5.41) is 4.23. The summed E-state index contributed by atoms with van der Waals surface area (Å²) in [7, 11) is 0. The Balaban J connectivity index is 1.48. The molecule has 0 amide bonds. The van der Waals surface area contributed by atoms with E-state index in [2.05, 4.69) is 19.9 Å². The number of nitrogens with two attached hydrogens (primary N) is 1. The maximum Gasteiger partial charge on any atom is 0.128 e. The summed E-state index contributed by atoms with van der Waals surface area (Å²) >= 11 is 0. The van der Waals surface area contributed by atoms with Crippen molar-refractivity contribution >= 4 is 11.5 Å². The molecule has 3 heterocycles. The smallest absolute Gasteiger partial charge is 0.128 e. The maximum atomic E-state index is 5.67. The van der Waals surface area contributed by atoms with Crippen molar-refractivity contribution in [3.05, 3.63) is 36.8 Å². The van der Waals surface area contributed by atoms with Gasteiger partial charge in [-0.2, -0.15) is 5.10 Å². The van der Waals surface area contributed by atoms with Gasteiger partial charge >= 0.3 is 0 Å². The molecule has 3 rings (SSSR count). The Bertz CT molecular complexity index is 513. The van der Waals surface area contributed by atoms with E-state index in [9.17, 15) is 0 Å². The number of anilines is 2. The summed E-state index contributed by atoms with van der Waals surface area (Å²) in [6, 6.07) is 5.87. The molecule has 6 nitrogen and oxygen atoms in total. The fourth-order valence-electron chi connectivity index (χ4n) is 2.46. The van der Waals surface area contributed by atoms with Gasteiger partial charge in [0.1, 0.15) is 5.82 Å². The van der Waals surface area contributed by atoms with Crippen LogP contribution >= 0.6 is 0 Å². The summed E-state index contributed by atoms with van der Waals surface area (Å²) in [5.41, 5.74) is 6.38. The minimum atomic E-state index is 0.714. The summed E-state index contributed by atoms with van der Waals surface area (Å²) < 4.78 is 1.98. The Morgan fingerprint density at radius 1 is 1.10 bits per heavy atom. The van der Waals surface area contributed by atoms with Gasteiger partial charge in [0.15, 0.2) is 0 Å². The standard InChI is InChI=1S/C14H20N6/c15-13-2-3-14(16-12-13)19-9-6-18(7-10-19)8-11-20-5-1-4-17-20/h1-5,12H,6-11,15H2. The summed E-state index contributed by atoms with van der Waals surface area (Å²) in [5.74, 6) is 1.02. The van der Waals surface area contributed by atoms with Crippen LogP contribution in [0.1, 0.15) is 0 Å². The molecule has 0 saturated carbocycles. The lowest BCUT2D eigenvalue weighted by Gasteiger charge is -2.35. The second-order valence-electron chi connectivity index (χ2n) is 5.05. The molecule has 1 aliphatic rings. The molecule has 1 aliphatic heterocycles. The van der Waals surface area contributed by atoms with Crippen molar-refractivity contribution < 1.29 is 0 Å². The number of pyridine rings is 1. The molecule has 1 fully saturated rings. The van der Waals surface area contributed by atoms with Crippen LogP contribution in [0, 0.1) is 0 Å². The van der Waals surface area contributed by atoms with Crippen molar-refractivity contribution in [2.75, 3.05) is 43.4 Å². The number of hydrogen-bond donors (Lipinski definition) is 1. The summed E-state index contributed by atoms with van der Waals surface area (Å²) in [6.07, 6.45) is 5.55. The zero-order valence-corrected chi connectivity index (χ0v) is 11.5. The van der Waals surface area contributed by atoms with Crippen LogP contribution in [0.5, 0.6) is 0 Å². The lowest BCUT2D eigenvalue weighted by atomic mass is 10.3. The van der Waals surface area contributed by atoms with Crippen LogP contribution in [0.2, 0.25) is 0 Å². The minimum Gasteiger partial charge on any atom is -0.397 e. The molecule has 0 aliphatic carbocycles. The van der Waals surface area contributed by atoms with E-state index >= 15 is 0 Å². The molecule has 0 radical (unpaired) electrons. The SMILES string of the molecule is Nc1ccc(N2CCN(CCn3cccn3)CC2)nc1. The Morgan fingerprint density at radius 3 is 2.60 bits per heavy atom. The Kier molecular flexibility index (Phi) is 3.83. The molecule has 0 bridgehead atoms. The van der Waals surface area contributed by atoms with E-state index in [4.69, 9.17) is 5.73 Å². The average Bonchev–Trinajstić information content (AvgIpc) is 3.00. The van der Waals surface area contributed by atoms with Crippen molar-refractivity contribution in [2.24, 2.45) is 0 Å². The highest BCUT2D eigenvalue weighted by Gasteiger charge is 2.17. The zero-order chi connectivity index (χ0) is 13.8. The summed E-state index contributed by atoms with van der Waals surface area (Å²) in [4.78, 5) is 9.16. The number of hydrogen-bond acceptors (Lipinski definition) is 5. The first-order valence-electron chi connectivity index (χ1n) is 6.97. The van der Waals surface area contributed by atoms with Crippen molar-refractivity contribution in [3.63, 3.8) is 0 Å². The van der Waals surface area contributed by atoms with Crippen molar-refractivity contribution in [3.8, 4) is 0 Å². The molecule has 20 heavy (non-hydrogen) atoms. The maximum absolute atomic E-state index is 5.67. The fourth-order valence-corrected chi connectivity index (χ4v) is 2.46. The van der Waals surface area contributed by atoms with Gasteiger partial charge in [-0.3, -0.25) is 9.58 Å². The molecule has 1 saturated heterocycles. The highest BCUT2D eigenvalue weighted by atomic mass is 15.3. The number of aromatic nitrogens is 3. The van der Waals surface area contributed by atoms with Gasteiger partial charge in [0.25, 0.3) is 0 Å². The van der Waals surface area contributed by atoms with Crippen LogP contribution in [0.25, 0.3) is 0 Å². The number of rotatable bonds is 4. The van der Waals surface area contributed by atoms with Crippen LogP contribution in [0.4, 0.5) is 11.5 Å². The normalized spacial score (nSPS) is 16.5. The molecular weight excluding hydrogens is 252 g/mol. The predicted octanol–water partition coefficient (Wildman–Crippen LogP) is 0.682. The predicted molar refractivity (Wildman–Crippen MR) is 79.5 cm³/mol. The third-order valence-corrected chi connectivity index (χ3v) is 3.67. The fraction of sp³-hybridized carbons (Fsp3) is 0.429. The van der Waals surface area contributed by atoms with E-state index in [-0.39, 0.29) is 0 Å². The minimum absolute atomic E-state index is 0.714. The first-order chi connectivity index (χ1) is 9.81. The Hall–Kier alpha value is -2.08. The first-order valence-corrected chi connectivity index (χ1v) is 6.97. The van der Waals surface area contributed by atoms with Gasteiger partial charge in [0, 0.05) is 45.1 Å². The van der Waals surface area contributed by atoms with Crippen LogP contribution in [-0.4, -0.2) is 52.4 Å². The van der Waals surface area contributed by atoms with Crippen LogP contribution in [0.15, 0.2) is 36.8 Å². The Labute approximate surface area is 118 Å². The van der Waals surface area contributed by atoms with Crippen molar-refractivity contribution in [1.29, 1.82) is 0 Å². The van der Waals surface area contributed by atoms with Gasteiger partial charge in [-0.05, 0) is 18.2 Å². The van der Waals surface area contributed by atoms with Gasteiger partial charge in [-0.15, -0.1) is 0 Å². The van der Waals surface area contributed by atoms with E-state index in [0.717, 1.165) is 45.1 Å². The largest absolute Gasteiger partial charge is 0.397 e. The van der Waals surface area contributed by atoms with Gasteiger partial charge in [-0.1, -0.05) is 0 Å². The van der Waals surface area contributed by atoms with Crippen molar-refractivity contribution in [2.45, 2.75) is 6.54 Å². The molecule has 0 spiro atoms. The Morgan fingerprint density at radius 2 is 1.95 bits per heavy atom. The zero-order valence-electron chi connectivity index (χ0n) is 11.5. The third kappa shape index (κ3) is 3.08. The van der Waals surface area contributed by atoms with E-state index in [0.29, 0.717) is 5.69 Å². The van der Waals surface area contributed by atoms with Gasteiger partial charge in [0.05, 0.1) is 18.4 Å². The second-order valence-corrected chi connectivity index (χ2v) is 5.05. The summed E-state index contributed by atoms with van der Waals surface area (Å²) in [6.45, 7) is 6.14. The van der Waals surface area contributed by atoms with E-state index in [1.807, 2.05) is 35.3 Å². The van der Waals surface area contributed by atoms with Crippen molar-refractivity contribution in [1.82, 2.24) is 19.7 Å². The topological polar surface area (TPSA) is 63.2 Å².